The van der Waals surface area contributed by atoms with E-state index in [0.717, 1.165) is 24.2 Å². The number of nitrogens with zero attached hydrogens (tertiary/aromatic N) is 6. The van der Waals surface area contributed by atoms with Crippen LogP contribution < -0.4 is 5.32 Å². The summed E-state index contributed by atoms with van der Waals surface area (Å²) in [6, 6.07) is 0. The van der Waals surface area contributed by atoms with Crippen molar-refractivity contribution < 1.29 is 0 Å². The van der Waals surface area contributed by atoms with Crippen molar-refractivity contribution in [3.63, 3.8) is 0 Å². The zero-order valence-electron chi connectivity index (χ0n) is 10.5. The Hall–Kier alpha value is -2.57. The Kier molecular flexibility index (Phi) is 3.01. The minimum absolute atomic E-state index is 0.637. The fraction of sp³-hybridized carbons (Fsp3) is 0.250. The first-order valence-corrected chi connectivity index (χ1v) is 6.09. The summed E-state index contributed by atoms with van der Waals surface area (Å²) in [6.07, 6.45) is 9.19. The van der Waals surface area contributed by atoms with Crippen molar-refractivity contribution in [3.8, 4) is 5.82 Å². The summed E-state index contributed by atoms with van der Waals surface area (Å²) in [5.41, 5.74) is 0.717. The van der Waals surface area contributed by atoms with Crippen LogP contribution in [0, 0.1) is 0 Å². The highest BCUT2D eigenvalue weighted by molar-refractivity contribution is 5.86. The Labute approximate surface area is 109 Å². The summed E-state index contributed by atoms with van der Waals surface area (Å²) < 4.78 is 1.65. The van der Waals surface area contributed by atoms with E-state index in [1.807, 2.05) is 0 Å². The van der Waals surface area contributed by atoms with E-state index in [4.69, 9.17) is 0 Å². The van der Waals surface area contributed by atoms with Crippen molar-refractivity contribution in [1.29, 1.82) is 0 Å². The average Bonchev–Trinajstić information content (AvgIpc) is 2.90. The van der Waals surface area contributed by atoms with Gasteiger partial charge >= 0.3 is 0 Å². The van der Waals surface area contributed by atoms with Gasteiger partial charge in [-0.3, -0.25) is 4.98 Å². The largest absolute Gasteiger partial charge is 0.369 e. The lowest BCUT2D eigenvalue weighted by atomic mass is 10.4. The summed E-state index contributed by atoms with van der Waals surface area (Å²) in [7, 11) is 0. The molecule has 3 aromatic rings. The van der Waals surface area contributed by atoms with Crippen molar-refractivity contribution >= 4 is 16.9 Å². The topological polar surface area (TPSA) is 81.4 Å². The molecule has 3 aromatic heterocycles. The van der Waals surface area contributed by atoms with Gasteiger partial charge in [0, 0.05) is 18.9 Å². The van der Waals surface area contributed by atoms with Gasteiger partial charge in [0.05, 0.1) is 17.8 Å². The van der Waals surface area contributed by atoms with Crippen LogP contribution in [0.2, 0.25) is 0 Å². The predicted molar refractivity (Wildman–Crippen MR) is 71.0 cm³/mol. The maximum atomic E-state index is 4.31. The molecule has 19 heavy (non-hydrogen) atoms. The van der Waals surface area contributed by atoms with Gasteiger partial charge in [-0.1, -0.05) is 6.92 Å². The molecule has 0 aromatic carbocycles. The van der Waals surface area contributed by atoms with Crippen molar-refractivity contribution in [2.24, 2.45) is 0 Å². The highest BCUT2D eigenvalue weighted by Crippen LogP contribution is 2.20. The predicted octanol–water partition coefficient (Wildman–Crippen LogP) is 1.43. The van der Waals surface area contributed by atoms with Crippen LogP contribution in [0.3, 0.4) is 0 Å². The number of nitrogens with one attached hydrogen (secondary N) is 1. The second-order valence-corrected chi connectivity index (χ2v) is 4.01. The average molecular weight is 255 g/mol. The molecule has 0 radical (unpaired) electrons. The first kappa shape index (κ1) is 11.5. The van der Waals surface area contributed by atoms with Gasteiger partial charge < -0.3 is 5.32 Å². The molecule has 1 N–H and O–H groups in total. The minimum atomic E-state index is 0.637. The van der Waals surface area contributed by atoms with Gasteiger partial charge in [-0.2, -0.15) is 9.78 Å². The Morgan fingerprint density at radius 3 is 2.89 bits per heavy atom. The second kappa shape index (κ2) is 4.97. The maximum Gasteiger partial charge on any atom is 0.174 e. The molecule has 0 saturated carbocycles. The standard InChI is InChI=1S/C12H13N7/c1-2-3-15-11-9-6-18-19(12(9)17-8-16-11)10-7-13-4-5-14-10/h4-8H,2-3H2,1H3,(H,15,16,17). The molecule has 3 heterocycles. The number of fused-ring (bicyclic) bond motifs is 1. The maximum absolute atomic E-state index is 4.31. The van der Waals surface area contributed by atoms with Gasteiger partial charge in [0.15, 0.2) is 11.5 Å². The first-order valence-electron chi connectivity index (χ1n) is 6.09. The molecule has 0 saturated heterocycles. The fourth-order valence-corrected chi connectivity index (χ4v) is 1.80. The van der Waals surface area contributed by atoms with Gasteiger partial charge in [-0.15, -0.1) is 0 Å². The highest BCUT2D eigenvalue weighted by atomic mass is 15.3. The van der Waals surface area contributed by atoms with Crippen LogP contribution in [0.5, 0.6) is 0 Å². The second-order valence-electron chi connectivity index (χ2n) is 4.01. The molecule has 0 fully saturated rings. The molecule has 96 valence electrons. The Morgan fingerprint density at radius 1 is 1.16 bits per heavy atom. The number of hydrogen-bond donors (Lipinski definition) is 1. The van der Waals surface area contributed by atoms with E-state index in [1.54, 1.807) is 29.5 Å². The Balaban J connectivity index is 2.09. The molecule has 0 spiro atoms. The molecule has 3 rings (SSSR count). The Bertz CT molecular complexity index is 677. The van der Waals surface area contributed by atoms with Crippen LogP contribution in [-0.4, -0.2) is 36.3 Å². The molecule has 0 amide bonds. The number of rotatable bonds is 4. The van der Waals surface area contributed by atoms with Crippen LogP contribution in [0.15, 0.2) is 31.1 Å². The van der Waals surface area contributed by atoms with Crippen LogP contribution in [0.4, 0.5) is 5.82 Å². The molecule has 7 heteroatoms. The third-order valence-electron chi connectivity index (χ3n) is 2.67. The highest BCUT2D eigenvalue weighted by Gasteiger charge is 2.11. The summed E-state index contributed by atoms with van der Waals surface area (Å²) in [4.78, 5) is 16.8. The van der Waals surface area contributed by atoms with Crippen molar-refractivity contribution in [3.05, 3.63) is 31.1 Å². The molecular formula is C12H13N7. The van der Waals surface area contributed by atoms with Gasteiger partial charge in [-0.25, -0.2) is 15.0 Å². The molecule has 0 aliphatic heterocycles. The SMILES string of the molecule is CCCNc1ncnc2c1cnn2-c1cnccn1. The number of aromatic nitrogens is 6. The van der Waals surface area contributed by atoms with E-state index in [-0.39, 0.29) is 0 Å². The van der Waals surface area contributed by atoms with E-state index in [1.165, 1.54) is 6.33 Å². The zero-order valence-corrected chi connectivity index (χ0v) is 10.5. The zero-order chi connectivity index (χ0) is 13.1. The van der Waals surface area contributed by atoms with Gasteiger partial charge in [-0.05, 0) is 6.42 Å². The lowest BCUT2D eigenvalue weighted by Crippen LogP contribution is -2.04. The van der Waals surface area contributed by atoms with E-state index >= 15 is 0 Å². The smallest absolute Gasteiger partial charge is 0.174 e. The molecular weight excluding hydrogens is 242 g/mol. The van der Waals surface area contributed by atoms with Crippen LogP contribution in [-0.2, 0) is 0 Å². The third kappa shape index (κ3) is 2.10. The van der Waals surface area contributed by atoms with E-state index < -0.39 is 0 Å². The normalized spacial score (nSPS) is 10.8. The summed E-state index contributed by atoms with van der Waals surface area (Å²) in [6.45, 7) is 2.97. The fourth-order valence-electron chi connectivity index (χ4n) is 1.80. The lowest BCUT2D eigenvalue weighted by molar-refractivity contribution is 0.852. The monoisotopic (exact) mass is 255 g/mol. The van der Waals surface area contributed by atoms with Crippen molar-refractivity contribution in [1.82, 2.24) is 29.7 Å². The molecule has 0 unspecified atom stereocenters. The molecule has 0 atom stereocenters. The summed E-state index contributed by atoms with van der Waals surface area (Å²) >= 11 is 0. The van der Waals surface area contributed by atoms with E-state index in [2.05, 4.69) is 37.3 Å². The van der Waals surface area contributed by atoms with E-state index in [0.29, 0.717) is 11.5 Å². The number of anilines is 1. The van der Waals surface area contributed by atoms with Gasteiger partial charge in [0.1, 0.15) is 12.1 Å². The lowest BCUT2D eigenvalue weighted by Gasteiger charge is -2.04. The van der Waals surface area contributed by atoms with Crippen molar-refractivity contribution in [2.75, 3.05) is 11.9 Å². The molecule has 7 nitrogen and oxygen atoms in total. The van der Waals surface area contributed by atoms with Crippen molar-refractivity contribution in [2.45, 2.75) is 13.3 Å². The number of hydrogen-bond acceptors (Lipinski definition) is 6. The first-order chi connectivity index (χ1) is 9.40. The summed E-state index contributed by atoms with van der Waals surface area (Å²) in [5, 5.41) is 8.44. The van der Waals surface area contributed by atoms with Crippen LogP contribution in [0.1, 0.15) is 13.3 Å². The third-order valence-corrected chi connectivity index (χ3v) is 2.67. The Morgan fingerprint density at radius 2 is 2.11 bits per heavy atom. The van der Waals surface area contributed by atoms with Gasteiger partial charge in [0.2, 0.25) is 0 Å². The molecule has 0 aliphatic rings. The molecule has 0 bridgehead atoms. The summed E-state index contributed by atoms with van der Waals surface area (Å²) in [5.74, 6) is 1.43. The quantitative estimate of drug-likeness (QED) is 0.759. The van der Waals surface area contributed by atoms with E-state index in [9.17, 15) is 0 Å². The van der Waals surface area contributed by atoms with Crippen LogP contribution in [0.25, 0.3) is 16.9 Å². The van der Waals surface area contributed by atoms with Gasteiger partial charge in [0.25, 0.3) is 0 Å². The van der Waals surface area contributed by atoms with Crippen LogP contribution >= 0.6 is 0 Å². The molecule has 0 aliphatic carbocycles. The minimum Gasteiger partial charge on any atom is -0.369 e.